The Balaban J connectivity index is 1.75. The third-order valence-corrected chi connectivity index (χ3v) is 5.56. The van der Waals surface area contributed by atoms with Crippen molar-refractivity contribution in [2.24, 2.45) is 0 Å². The Labute approximate surface area is 164 Å². The Kier molecular flexibility index (Phi) is 6.55. The molecule has 1 N–H and O–H groups in total. The van der Waals surface area contributed by atoms with Gasteiger partial charge in [0.15, 0.2) is 11.5 Å². The van der Waals surface area contributed by atoms with Gasteiger partial charge in [-0.1, -0.05) is 6.92 Å². The first-order chi connectivity index (χ1) is 13.1. The van der Waals surface area contributed by atoms with Crippen LogP contribution in [0.2, 0.25) is 0 Å². The molecule has 0 spiro atoms. The van der Waals surface area contributed by atoms with Gasteiger partial charge < -0.3 is 9.88 Å². The molecule has 6 nitrogen and oxygen atoms in total. The number of aromatic nitrogens is 4. The van der Waals surface area contributed by atoms with Gasteiger partial charge in [-0.25, -0.2) is 9.67 Å². The summed E-state index contributed by atoms with van der Waals surface area (Å²) in [6, 6.07) is 5.98. The second kappa shape index (κ2) is 9.08. The third kappa shape index (κ3) is 4.71. The molecule has 0 saturated heterocycles. The molecule has 3 aromatic rings. The Morgan fingerprint density at radius 3 is 2.74 bits per heavy atom. The van der Waals surface area contributed by atoms with Crippen LogP contribution in [-0.4, -0.2) is 43.3 Å². The number of pyridine rings is 1. The molecule has 0 aliphatic heterocycles. The molecule has 0 unspecified atom stereocenters. The number of amides is 1. The molecule has 27 heavy (non-hydrogen) atoms. The highest BCUT2D eigenvalue weighted by Crippen LogP contribution is 2.25. The van der Waals surface area contributed by atoms with E-state index in [-0.39, 0.29) is 12.5 Å². The van der Waals surface area contributed by atoms with Crippen molar-refractivity contribution >= 4 is 28.7 Å². The van der Waals surface area contributed by atoms with Crippen LogP contribution in [0.25, 0.3) is 16.9 Å². The Morgan fingerprint density at radius 1 is 1.22 bits per heavy atom. The molecular weight excluding hydrogens is 358 g/mol. The summed E-state index contributed by atoms with van der Waals surface area (Å²) in [5.74, 6) is 3.04. The summed E-state index contributed by atoms with van der Waals surface area (Å²) in [6.45, 7) is 7.08. The van der Waals surface area contributed by atoms with Crippen LogP contribution in [0.1, 0.15) is 31.0 Å². The summed E-state index contributed by atoms with van der Waals surface area (Å²) in [4.78, 5) is 17.1. The molecule has 144 valence electrons. The summed E-state index contributed by atoms with van der Waals surface area (Å²) in [7, 11) is 0. The molecule has 0 aliphatic rings. The fourth-order valence-corrected chi connectivity index (χ4v) is 3.94. The molecule has 0 atom stereocenters. The first-order valence-electron chi connectivity index (χ1n) is 9.42. The van der Waals surface area contributed by atoms with Crippen LogP contribution in [0.3, 0.4) is 0 Å². The lowest BCUT2D eigenvalue weighted by Gasteiger charge is -2.06. The molecule has 0 radical (unpaired) electrons. The Hall–Kier alpha value is -2.28. The number of nitrogens with one attached hydrogen (secondary N) is 1. The molecule has 7 heteroatoms. The van der Waals surface area contributed by atoms with Crippen LogP contribution in [0.15, 0.2) is 30.6 Å². The van der Waals surface area contributed by atoms with E-state index in [0.717, 1.165) is 40.3 Å². The molecule has 0 saturated carbocycles. The van der Waals surface area contributed by atoms with E-state index in [1.807, 2.05) is 47.8 Å². The minimum atomic E-state index is -0.0279. The maximum atomic E-state index is 12.4. The summed E-state index contributed by atoms with van der Waals surface area (Å²) in [5, 5.41) is 8.68. The fourth-order valence-electron chi connectivity index (χ4n) is 3.10. The molecule has 0 bridgehead atoms. The van der Waals surface area contributed by atoms with E-state index in [1.54, 1.807) is 4.68 Å². The van der Waals surface area contributed by atoms with Gasteiger partial charge in [-0.3, -0.25) is 4.79 Å². The maximum absolute atomic E-state index is 12.4. The predicted molar refractivity (Wildman–Crippen MR) is 112 cm³/mol. The highest BCUT2D eigenvalue weighted by atomic mass is 32.2. The Morgan fingerprint density at radius 2 is 2.00 bits per heavy atom. The predicted octanol–water partition coefficient (Wildman–Crippen LogP) is 3.49. The summed E-state index contributed by atoms with van der Waals surface area (Å²) >= 11 is 1.93. The number of nitrogens with zero attached hydrogens (tertiary/aromatic N) is 4. The van der Waals surface area contributed by atoms with Crippen molar-refractivity contribution in [1.82, 2.24) is 24.6 Å². The number of hydrogen-bond donors (Lipinski definition) is 1. The van der Waals surface area contributed by atoms with Crippen LogP contribution in [0, 0.1) is 13.8 Å². The first kappa shape index (κ1) is 19.5. The largest absolute Gasteiger partial charge is 0.354 e. The van der Waals surface area contributed by atoms with Crippen LogP contribution in [0.4, 0.5) is 0 Å². The van der Waals surface area contributed by atoms with Gasteiger partial charge >= 0.3 is 0 Å². The number of fused-ring (bicyclic) bond motifs is 1. The lowest BCUT2D eigenvalue weighted by Crippen LogP contribution is -2.29. The van der Waals surface area contributed by atoms with Gasteiger partial charge in [0.05, 0.1) is 5.39 Å². The lowest BCUT2D eigenvalue weighted by molar-refractivity contribution is -0.121. The quantitative estimate of drug-likeness (QED) is 0.573. The standard InChI is InChI=1S/C20H27N5OS/c1-4-11-27-12-7-8-21-17(26)14-25-19-18(15(2)13-16(3)22-19)20(23-25)24-9-5-6-10-24/h5-6,9-10,13H,4,7-8,11-12,14H2,1-3H3,(H,21,26). The number of rotatable bonds is 9. The van der Waals surface area contributed by atoms with E-state index in [1.165, 1.54) is 12.2 Å². The van der Waals surface area contributed by atoms with Crippen molar-refractivity contribution in [3.8, 4) is 5.82 Å². The highest BCUT2D eigenvalue weighted by Gasteiger charge is 2.17. The van der Waals surface area contributed by atoms with Gasteiger partial charge in [0.25, 0.3) is 0 Å². The second-order valence-corrected chi connectivity index (χ2v) is 7.89. The number of thioether (sulfide) groups is 1. The highest BCUT2D eigenvalue weighted by molar-refractivity contribution is 7.99. The van der Waals surface area contributed by atoms with E-state index in [4.69, 9.17) is 5.10 Å². The van der Waals surface area contributed by atoms with Gasteiger partial charge in [0.1, 0.15) is 6.54 Å². The average molecular weight is 386 g/mol. The topological polar surface area (TPSA) is 64.7 Å². The Bertz CT molecular complexity index is 901. The van der Waals surface area contributed by atoms with Crippen LogP contribution in [0.5, 0.6) is 0 Å². The monoisotopic (exact) mass is 385 g/mol. The average Bonchev–Trinajstić information content (AvgIpc) is 3.26. The SMILES string of the molecule is CCCSCCCNC(=O)Cn1nc(-n2cccc2)c2c(C)cc(C)nc21. The second-order valence-electron chi connectivity index (χ2n) is 6.67. The smallest absolute Gasteiger partial charge is 0.241 e. The van der Waals surface area contributed by atoms with Gasteiger partial charge in [-0.2, -0.15) is 16.9 Å². The van der Waals surface area contributed by atoms with E-state index >= 15 is 0 Å². The van der Waals surface area contributed by atoms with Crippen molar-refractivity contribution in [1.29, 1.82) is 0 Å². The molecule has 1 amide bonds. The number of hydrogen-bond acceptors (Lipinski definition) is 4. The van der Waals surface area contributed by atoms with Crippen molar-refractivity contribution in [3.05, 3.63) is 41.9 Å². The number of aryl methyl sites for hydroxylation is 2. The van der Waals surface area contributed by atoms with Gasteiger partial charge in [0.2, 0.25) is 5.91 Å². The zero-order chi connectivity index (χ0) is 19.2. The van der Waals surface area contributed by atoms with Gasteiger partial charge in [0, 0.05) is 24.6 Å². The van der Waals surface area contributed by atoms with Gasteiger partial charge in [-0.05, 0) is 62.0 Å². The van der Waals surface area contributed by atoms with Crippen molar-refractivity contribution in [2.75, 3.05) is 18.1 Å². The zero-order valence-electron chi connectivity index (χ0n) is 16.2. The normalized spacial score (nSPS) is 11.2. The van der Waals surface area contributed by atoms with Crippen molar-refractivity contribution in [3.63, 3.8) is 0 Å². The van der Waals surface area contributed by atoms with E-state index in [9.17, 15) is 4.79 Å². The van der Waals surface area contributed by atoms with E-state index < -0.39 is 0 Å². The lowest BCUT2D eigenvalue weighted by atomic mass is 10.2. The van der Waals surface area contributed by atoms with Crippen molar-refractivity contribution in [2.45, 2.75) is 40.2 Å². The minimum absolute atomic E-state index is 0.0279. The molecule has 3 aromatic heterocycles. The third-order valence-electron chi connectivity index (χ3n) is 4.29. The molecule has 0 aliphatic carbocycles. The van der Waals surface area contributed by atoms with E-state index in [0.29, 0.717) is 6.54 Å². The molecular formula is C20H27N5OS. The van der Waals surface area contributed by atoms with E-state index in [2.05, 4.69) is 30.2 Å². The summed E-state index contributed by atoms with van der Waals surface area (Å²) in [6.07, 6.45) is 6.10. The van der Waals surface area contributed by atoms with Gasteiger partial charge in [-0.15, -0.1) is 0 Å². The molecule has 0 aromatic carbocycles. The number of carbonyl (C=O) groups is 1. The molecule has 3 heterocycles. The van der Waals surface area contributed by atoms with Crippen LogP contribution >= 0.6 is 11.8 Å². The van der Waals surface area contributed by atoms with Crippen LogP contribution < -0.4 is 5.32 Å². The zero-order valence-corrected chi connectivity index (χ0v) is 17.1. The summed E-state index contributed by atoms with van der Waals surface area (Å²) < 4.78 is 3.68. The first-order valence-corrected chi connectivity index (χ1v) is 10.6. The summed E-state index contributed by atoms with van der Waals surface area (Å²) in [5.41, 5.74) is 2.79. The molecule has 0 fully saturated rings. The maximum Gasteiger partial charge on any atom is 0.241 e. The molecule has 3 rings (SSSR count). The van der Waals surface area contributed by atoms with Crippen LogP contribution in [-0.2, 0) is 11.3 Å². The minimum Gasteiger partial charge on any atom is -0.354 e. The van der Waals surface area contributed by atoms with Crippen molar-refractivity contribution < 1.29 is 4.79 Å². The fraction of sp³-hybridized carbons (Fsp3) is 0.450. The number of carbonyl (C=O) groups excluding carboxylic acids is 1.